The fourth-order valence-corrected chi connectivity index (χ4v) is 7.18. The van der Waals surface area contributed by atoms with Gasteiger partial charge in [-0.1, -0.05) is 133 Å². The summed E-state index contributed by atoms with van der Waals surface area (Å²) in [5.41, 5.74) is 6.55. The number of para-hydroxylation sites is 1. The molecule has 1 aliphatic rings. The lowest BCUT2D eigenvalue weighted by atomic mass is 9.96. The number of fused-ring (bicyclic) bond motifs is 7. The summed E-state index contributed by atoms with van der Waals surface area (Å²) in [6.45, 7) is 0. The number of aromatic nitrogens is 1. The lowest BCUT2D eigenvalue weighted by molar-refractivity contribution is 0.666. The zero-order chi connectivity index (χ0) is 32.3. The summed E-state index contributed by atoms with van der Waals surface area (Å²) in [6, 6.07) is 51.0. The van der Waals surface area contributed by atoms with Crippen molar-refractivity contribution in [2.75, 3.05) is 0 Å². The first-order valence-corrected chi connectivity index (χ1v) is 16.5. The highest BCUT2D eigenvalue weighted by atomic mass is 16.3. The minimum Gasteiger partial charge on any atom is -0.454 e. The first kappa shape index (κ1) is 27.5. The van der Waals surface area contributed by atoms with Gasteiger partial charge in [0.2, 0.25) is 0 Å². The fraction of sp³-hybridized carbons (Fsp3) is 0.0227. The molecule has 1 atom stereocenters. The average molecular weight is 629 g/mol. The Balaban J connectivity index is 1.14. The molecule has 49 heavy (non-hydrogen) atoms. The number of aliphatic imine (C=N–C) groups is 2. The van der Waals surface area contributed by atoms with Crippen LogP contribution in [-0.4, -0.2) is 16.7 Å². The molecule has 10 rings (SSSR count). The molecule has 1 N–H and O–H groups in total. The van der Waals surface area contributed by atoms with Crippen molar-refractivity contribution in [1.82, 2.24) is 10.3 Å². The van der Waals surface area contributed by atoms with E-state index in [9.17, 15) is 0 Å². The number of benzene rings is 7. The highest BCUT2D eigenvalue weighted by molar-refractivity contribution is 6.22. The van der Waals surface area contributed by atoms with Gasteiger partial charge in [-0.25, -0.2) is 9.98 Å². The number of hydrogen-bond acceptors (Lipinski definition) is 5. The van der Waals surface area contributed by atoms with Gasteiger partial charge in [0.15, 0.2) is 11.4 Å². The Morgan fingerprint density at radius 1 is 0.531 bits per heavy atom. The van der Waals surface area contributed by atoms with Crippen LogP contribution in [0, 0.1) is 0 Å². The van der Waals surface area contributed by atoms with E-state index < -0.39 is 0 Å². The number of rotatable bonds is 4. The largest absolute Gasteiger partial charge is 0.454 e. The summed E-state index contributed by atoms with van der Waals surface area (Å²) in [6.07, 6.45) is 3.33. The van der Waals surface area contributed by atoms with Crippen molar-refractivity contribution in [2.24, 2.45) is 9.98 Å². The molecule has 0 fully saturated rings. The number of furan rings is 1. The van der Waals surface area contributed by atoms with Gasteiger partial charge in [0.25, 0.3) is 0 Å². The van der Waals surface area contributed by atoms with Gasteiger partial charge in [-0.15, -0.1) is 0 Å². The predicted octanol–water partition coefficient (Wildman–Crippen LogP) is 10.6. The average Bonchev–Trinajstić information content (AvgIpc) is 3.57. The molecule has 0 radical (unpaired) electrons. The van der Waals surface area contributed by atoms with Crippen LogP contribution in [0.25, 0.3) is 65.4 Å². The quantitative estimate of drug-likeness (QED) is 0.197. The predicted molar refractivity (Wildman–Crippen MR) is 201 cm³/mol. The minimum absolute atomic E-state index is 0.344. The Hall–Kier alpha value is -6.59. The molecule has 230 valence electrons. The number of nitrogens with zero attached hydrogens (tertiary/aromatic N) is 3. The van der Waals surface area contributed by atoms with Crippen molar-refractivity contribution in [3.63, 3.8) is 0 Å². The van der Waals surface area contributed by atoms with Crippen molar-refractivity contribution in [3.8, 4) is 11.1 Å². The normalized spacial score (nSPS) is 14.7. The van der Waals surface area contributed by atoms with Gasteiger partial charge in [-0.2, -0.15) is 0 Å². The van der Waals surface area contributed by atoms with Crippen LogP contribution in [0.3, 0.4) is 0 Å². The molecule has 9 aromatic rings. The topological polar surface area (TPSA) is 62.8 Å². The fourth-order valence-electron chi connectivity index (χ4n) is 7.18. The zero-order valence-electron chi connectivity index (χ0n) is 26.3. The molecule has 5 nitrogen and oxygen atoms in total. The van der Waals surface area contributed by atoms with Crippen LogP contribution in [0.4, 0.5) is 0 Å². The van der Waals surface area contributed by atoms with E-state index in [-0.39, 0.29) is 6.17 Å². The number of hydrogen-bond donors (Lipinski definition) is 1. The Labute approximate surface area is 281 Å². The van der Waals surface area contributed by atoms with Crippen LogP contribution in [0.2, 0.25) is 0 Å². The lowest BCUT2D eigenvalue weighted by Crippen LogP contribution is -2.33. The first-order valence-electron chi connectivity index (χ1n) is 16.5. The van der Waals surface area contributed by atoms with E-state index in [1.165, 1.54) is 32.3 Å². The molecule has 2 aromatic heterocycles. The van der Waals surface area contributed by atoms with E-state index in [0.717, 1.165) is 44.2 Å². The third-order valence-electron chi connectivity index (χ3n) is 9.58. The Morgan fingerprint density at radius 2 is 1.27 bits per heavy atom. The van der Waals surface area contributed by atoms with E-state index in [1.54, 1.807) is 6.20 Å². The van der Waals surface area contributed by atoms with Crippen LogP contribution in [0.1, 0.15) is 22.9 Å². The second kappa shape index (κ2) is 11.0. The molecule has 0 saturated heterocycles. The van der Waals surface area contributed by atoms with Crippen LogP contribution < -0.4 is 5.32 Å². The first-order chi connectivity index (χ1) is 24.3. The molecule has 1 unspecified atom stereocenters. The molecule has 0 bridgehead atoms. The van der Waals surface area contributed by atoms with Gasteiger partial charge in [-0.05, 0) is 55.6 Å². The van der Waals surface area contributed by atoms with Crippen molar-refractivity contribution < 1.29 is 4.42 Å². The van der Waals surface area contributed by atoms with Crippen LogP contribution >= 0.6 is 0 Å². The molecule has 0 aliphatic carbocycles. The molecule has 0 spiro atoms. The third kappa shape index (κ3) is 4.59. The van der Waals surface area contributed by atoms with E-state index in [0.29, 0.717) is 17.3 Å². The molecular weight excluding hydrogens is 601 g/mol. The van der Waals surface area contributed by atoms with E-state index in [1.807, 2.05) is 36.5 Å². The number of amidine groups is 2. The Kier molecular flexibility index (Phi) is 6.18. The monoisotopic (exact) mass is 628 g/mol. The summed E-state index contributed by atoms with van der Waals surface area (Å²) in [5.74, 6) is 1.37. The highest BCUT2D eigenvalue weighted by Crippen LogP contribution is 2.39. The van der Waals surface area contributed by atoms with Gasteiger partial charge in [0.1, 0.15) is 17.6 Å². The molecule has 5 heteroatoms. The van der Waals surface area contributed by atoms with Gasteiger partial charge in [-0.3, -0.25) is 4.98 Å². The standard InChI is InChI=1S/C44H28N4O/c1-2-11-30(12-3-1)42-46-43(33-22-17-27-9-4-5-13-31(27)23-33)48-44(47-42)38-25-45-26-39-40(38)36-16-8-15-35(41(36)49-39)32-21-20-29-19-18-28-10-6-7-14-34(28)37(29)24-32/h1-26,43H,(H,46,47,48). The summed E-state index contributed by atoms with van der Waals surface area (Å²) < 4.78 is 6.66. The maximum atomic E-state index is 6.66. The van der Waals surface area contributed by atoms with Crippen LogP contribution in [0.5, 0.6) is 0 Å². The second-order valence-electron chi connectivity index (χ2n) is 12.5. The highest BCUT2D eigenvalue weighted by Gasteiger charge is 2.25. The van der Waals surface area contributed by atoms with Gasteiger partial charge >= 0.3 is 0 Å². The Bertz CT molecular complexity index is 2810. The van der Waals surface area contributed by atoms with Crippen molar-refractivity contribution >= 4 is 65.9 Å². The molecule has 0 saturated carbocycles. The number of nitrogens with one attached hydrogen (secondary N) is 1. The molecule has 7 aromatic carbocycles. The van der Waals surface area contributed by atoms with Crippen molar-refractivity contribution in [3.05, 3.63) is 175 Å². The lowest BCUT2D eigenvalue weighted by Gasteiger charge is -2.24. The summed E-state index contributed by atoms with van der Waals surface area (Å²) in [4.78, 5) is 14.9. The molecule has 1 aliphatic heterocycles. The van der Waals surface area contributed by atoms with Crippen LogP contribution in [0.15, 0.2) is 172 Å². The maximum absolute atomic E-state index is 6.66. The molecule has 0 amide bonds. The summed E-state index contributed by atoms with van der Waals surface area (Å²) in [5, 5.41) is 12.9. The van der Waals surface area contributed by atoms with E-state index in [4.69, 9.17) is 14.4 Å². The van der Waals surface area contributed by atoms with Gasteiger partial charge in [0, 0.05) is 33.7 Å². The van der Waals surface area contributed by atoms with Gasteiger partial charge in [0.05, 0.1) is 6.20 Å². The van der Waals surface area contributed by atoms with E-state index >= 15 is 0 Å². The van der Waals surface area contributed by atoms with Crippen molar-refractivity contribution in [1.29, 1.82) is 0 Å². The van der Waals surface area contributed by atoms with Gasteiger partial charge < -0.3 is 9.73 Å². The maximum Gasteiger partial charge on any atom is 0.159 e. The SMILES string of the molecule is c1ccc(C2=NC(c3ccc4ccccc4c3)NC(c3cncc4oc5c(-c6ccc7ccc8ccccc8c7c6)cccc5c34)=N2)cc1. The second-order valence-corrected chi connectivity index (χ2v) is 12.5. The van der Waals surface area contributed by atoms with E-state index in [2.05, 4.69) is 126 Å². The number of pyridine rings is 1. The molecule has 3 heterocycles. The zero-order valence-corrected chi connectivity index (χ0v) is 26.3. The van der Waals surface area contributed by atoms with Crippen molar-refractivity contribution in [2.45, 2.75) is 6.17 Å². The third-order valence-corrected chi connectivity index (χ3v) is 9.58. The van der Waals surface area contributed by atoms with Crippen LogP contribution in [-0.2, 0) is 0 Å². The molecular formula is C44H28N4O. The Morgan fingerprint density at radius 3 is 2.16 bits per heavy atom. The summed E-state index contributed by atoms with van der Waals surface area (Å²) >= 11 is 0. The summed E-state index contributed by atoms with van der Waals surface area (Å²) in [7, 11) is 0. The minimum atomic E-state index is -0.344. The smallest absolute Gasteiger partial charge is 0.159 e.